The van der Waals surface area contributed by atoms with E-state index in [0.29, 0.717) is 35.9 Å². The lowest BCUT2D eigenvalue weighted by Gasteiger charge is -2.18. The summed E-state index contributed by atoms with van der Waals surface area (Å²) < 4.78 is 17.4. The lowest BCUT2D eigenvalue weighted by atomic mass is 10.1. The van der Waals surface area contributed by atoms with Crippen molar-refractivity contribution in [1.29, 1.82) is 0 Å². The van der Waals surface area contributed by atoms with Gasteiger partial charge in [-0.2, -0.15) is 0 Å². The molecule has 0 saturated heterocycles. The summed E-state index contributed by atoms with van der Waals surface area (Å²) in [4.78, 5) is 12.2. The van der Waals surface area contributed by atoms with Crippen molar-refractivity contribution in [2.75, 3.05) is 13.2 Å². The normalized spacial score (nSPS) is 13.3. The van der Waals surface area contributed by atoms with E-state index in [2.05, 4.69) is 15.9 Å². The summed E-state index contributed by atoms with van der Waals surface area (Å²) >= 11 is 3.42. The second kappa shape index (κ2) is 5.18. The average molecular weight is 359 g/mol. The second-order valence-corrected chi connectivity index (χ2v) is 5.90. The molecule has 1 aliphatic heterocycles. The molecule has 4 nitrogen and oxygen atoms in total. The van der Waals surface area contributed by atoms with E-state index in [9.17, 15) is 4.79 Å². The molecule has 0 amide bonds. The van der Waals surface area contributed by atoms with Gasteiger partial charge in [0.15, 0.2) is 11.5 Å². The number of ether oxygens (including phenoxy) is 2. The molecule has 0 atom stereocenters. The largest absolute Gasteiger partial charge is 0.486 e. The molecule has 0 radical (unpaired) electrons. The van der Waals surface area contributed by atoms with Crippen LogP contribution in [0.5, 0.6) is 11.5 Å². The molecule has 0 N–H and O–H groups in total. The zero-order chi connectivity index (χ0) is 15.1. The fourth-order valence-corrected chi connectivity index (χ4v) is 2.89. The van der Waals surface area contributed by atoms with E-state index in [1.807, 2.05) is 36.4 Å². The SMILES string of the molecule is O=c1oc2ccc(Br)cc2cc1-c1ccc2c(c1)OCCO2. The summed E-state index contributed by atoms with van der Waals surface area (Å²) in [5, 5.41) is 0.860. The van der Waals surface area contributed by atoms with Gasteiger partial charge in [0.05, 0.1) is 5.56 Å². The summed E-state index contributed by atoms with van der Waals surface area (Å²) in [5.74, 6) is 1.35. The molecule has 0 spiro atoms. The zero-order valence-corrected chi connectivity index (χ0v) is 13.1. The molecule has 2 aromatic carbocycles. The van der Waals surface area contributed by atoms with Gasteiger partial charge in [-0.15, -0.1) is 0 Å². The van der Waals surface area contributed by atoms with Gasteiger partial charge in [-0.25, -0.2) is 4.79 Å². The van der Waals surface area contributed by atoms with Gasteiger partial charge in [0.25, 0.3) is 0 Å². The Morgan fingerprint density at radius 2 is 1.73 bits per heavy atom. The molecule has 22 heavy (non-hydrogen) atoms. The Hall–Kier alpha value is -2.27. The molecule has 4 rings (SSSR count). The highest BCUT2D eigenvalue weighted by atomic mass is 79.9. The first-order valence-corrected chi connectivity index (χ1v) is 7.63. The fourth-order valence-electron chi connectivity index (χ4n) is 2.51. The highest BCUT2D eigenvalue weighted by Crippen LogP contribution is 2.34. The predicted molar refractivity (Wildman–Crippen MR) is 86.6 cm³/mol. The predicted octanol–water partition coefficient (Wildman–Crippen LogP) is 3.99. The molecule has 110 valence electrons. The van der Waals surface area contributed by atoms with Crippen LogP contribution in [0.3, 0.4) is 0 Å². The van der Waals surface area contributed by atoms with Gasteiger partial charge in [0.1, 0.15) is 18.8 Å². The Morgan fingerprint density at radius 1 is 0.909 bits per heavy atom. The zero-order valence-electron chi connectivity index (χ0n) is 11.5. The minimum Gasteiger partial charge on any atom is -0.486 e. The molecular weight excluding hydrogens is 348 g/mol. The van der Waals surface area contributed by atoms with Crippen molar-refractivity contribution in [2.45, 2.75) is 0 Å². The van der Waals surface area contributed by atoms with Gasteiger partial charge in [-0.1, -0.05) is 22.0 Å². The number of benzene rings is 2. The maximum Gasteiger partial charge on any atom is 0.344 e. The van der Waals surface area contributed by atoms with Crippen LogP contribution in [0.15, 0.2) is 56.1 Å². The summed E-state index contributed by atoms with van der Waals surface area (Å²) in [7, 11) is 0. The van der Waals surface area contributed by atoms with Crippen LogP contribution < -0.4 is 15.1 Å². The van der Waals surface area contributed by atoms with Crippen molar-refractivity contribution in [3.05, 3.63) is 57.4 Å². The first-order valence-electron chi connectivity index (χ1n) is 6.84. The monoisotopic (exact) mass is 358 g/mol. The molecule has 3 aromatic rings. The Labute approximate surface area is 134 Å². The van der Waals surface area contributed by atoms with Crippen LogP contribution in [0.4, 0.5) is 0 Å². The molecule has 0 saturated carbocycles. The van der Waals surface area contributed by atoms with E-state index in [4.69, 9.17) is 13.9 Å². The van der Waals surface area contributed by atoms with Crippen molar-refractivity contribution in [1.82, 2.24) is 0 Å². The van der Waals surface area contributed by atoms with E-state index in [1.165, 1.54) is 0 Å². The topological polar surface area (TPSA) is 48.7 Å². The first kappa shape index (κ1) is 13.4. The average Bonchev–Trinajstić information content (AvgIpc) is 2.54. The molecule has 5 heteroatoms. The van der Waals surface area contributed by atoms with Gasteiger partial charge >= 0.3 is 5.63 Å². The van der Waals surface area contributed by atoms with Gasteiger partial charge < -0.3 is 13.9 Å². The van der Waals surface area contributed by atoms with Crippen LogP contribution in [-0.4, -0.2) is 13.2 Å². The summed E-state index contributed by atoms with van der Waals surface area (Å²) in [5.41, 5.74) is 1.45. The maximum absolute atomic E-state index is 12.2. The van der Waals surface area contributed by atoms with Gasteiger partial charge in [0, 0.05) is 9.86 Å². The maximum atomic E-state index is 12.2. The van der Waals surface area contributed by atoms with E-state index >= 15 is 0 Å². The summed E-state index contributed by atoms with van der Waals surface area (Å²) in [6, 6.07) is 12.8. The molecule has 0 unspecified atom stereocenters. The molecule has 0 fully saturated rings. The highest BCUT2D eigenvalue weighted by molar-refractivity contribution is 9.10. The van der Waals surface area contributed by atoms with E-state index < -0.39 is 0 Å². The number of rotatable bonds is 1. The third-order valence-corrected chi connectivity index (χ3v) is 4.04. The van der Waals surface area contributed by atoms with Crippen LogP contribution in [-0.2, 0) is 0 Å². The Morgan fingerprint density at radius 3 is 2.59 bits per heavy atom. The smallest absolute Gasteiger partial charge is 0.344 e. The molecule has 1 aromatic heterocycles. The van der Waals surface area contributed by atoms with E-state index in [0.717, 1.165) is 15.4 Å². The van der Waals surface area contributed by atoms with Gasteiger partial charge in [-0.3, -0.25) is 0 Å². The van der Waals surface area contributed by atoms with Crippen molar-refractivity contribution in [3.63, 3.8) is 0 Å². The molecule has 0 aliphatic carbocycles. The number of fused-ring (bicyclic) bond motifs is 2. The van der Waals surface area contributed by atoms with Crippen molar-refractivity contribution in [2.24, 2.45) is 0 Å². The number of hydrogen-bond acceptors (Lipinski definition) is 4. The lowest BCUT2D eigenvalue weighted by molar-refractivity contribution is 0.171. The van der Waals surface area contributed by atoms with Crippen LogP contribution in [0.2, 0.25) is 0 Å². The Bertz CT molecular complexity index is 930. The quantitative estimate of drug-likeness (QED) is 0.617. The van der Waals surface area contributed by atoms with E-state index in [1.54, 1.807) is 6.07 Å². The van der Waals surface area contributed by atoms with Crippen molar-refractivity contribution in [3.8, 4) is 22.6 Å². The van der Waals surface area contributed by atoms with Crippen molar-refractivity contribution < 1.29 is 13.9 Å². The lowest BCUT2D eigenvalue weighted by Crippen LogP contribution is -2.15. The second-order valence-electron chi connectivity index (χ2n) is 4.99. The summed E-state index contributed by atoms with van der Waals surface area (Å²) in [6.07, 6.45) is 0. The van der Waals surface area contributed by atoms with E-state index in [-0.39, 0.29) is 5.63 Å². The standard InChI is InChI=1S/C17H11BrO4/c18-12-2-4-14-11(7-12)8-13(17(19)22-14)10-1-3-15-16(9-10)21-6-5-20-15/h1-4,7-9H,5-6H2. The minimum atomic E-state index is -0.369. The molecular formula is C17H11BrO4. The van der Waals surface area contributed by atoms with Crippen LogP contribution in [0.25, 0.3) is 22.1 Å². The highest BCUT2D eigenvalue weighted by Gasteiger charge is 2.15. The van der Waals surface area contributed by atoms with Crippen LogP contribution in [0, 0.1) is 0 Å². The first-order chi connectivity index (χ1) is 10.7. The van der Waals surface area contributed by atoms with Crippen LogP contribution in [0.1, 0.15) is 0 Å². The molecule has 0 bridgehead atoms. The molecule has 1 aliphatic rings. The van der Waals surface area contributed by atoms with Gasteiger partial charge in [0.2, 0.25) is 0 Å². The molecule has 2 heterocycles. The van der Waals surface area contributed by atoms with Gasteiger partial charge in [-0.05, 0) is 42.0 Å². The van der Waals surface area contributed by atoms with Crippen LogP contribution >= 0.6 is 15.9 Å². The third kappa shape index (κ3) is 2.27. The minimum absolute atomic E-state index is 0.369. The Balaban J connectivity index is 1.90. The Kier molecular flexibility index (Phi) is 3.15. The van der Waals surface area contributed by atoms with Crippen molar-refractivity contribution >= 4 is 26.9 Å². The third-order valence-electron chi connectivity index (χ3n) is 3.55. The fraction of sp³-hybridized carbons (Fsp3) is 0.118. The number of halogens is 1. The summed E-state index contributed by atoms with van der Waals surface area (Å²) in [6.45, 7) is 1.05. The number of hydrogen-bond donors (Lipinski definition) is 0.